The summed E-state index contributed by atoms with van der Waals surface area (Å²) in [6, 6.07) is 10.3. The largest absolute Gasteiger partial charge is 0.344 e. The number of amides is 5. The van der Waals surface area contributed by atoms with Crippen molar-refractivity contribution in [1.29, 1.82) is 5.26 Å². The van der Waals surface area contributed by atoms with Crippen LogP contribution in [0.3, 0.4) is 0 Å². The van der Waals surface area contributed by atoms with E-state index >= 15 is 0 Å². The van der Waals surface area contributed by atoms with Gasteiger partial charge in [0.1, 0.15) is 5.54 Å². The number of hydrogen-bond donors (Lipinski definition) is 2. The third-order valence-electron chi connectivity index (χ3n) is 5.91. The minimum atomic E-state index is -0.936. The molecule has 9 heteroatoms. The summed E-state index contributed by atoms with van der Waals surface area (Å²) >= 11 is 0. The lowest BCUT2D eigenvalue weighted by molar-refractivity contribution is -0.140. The van der Waals surface area contributed by atoms with Gasteiger partial charge in [-0.2, -0.15) is 10.3 Å². The van der Waals surface area contributed by atoms with Crippen LogP contribution in [-0.2, 0) is 14.4 Å². The molecular formula is C22H27N5O4. The molecule has 0 atom stereocenters. The fraction of sp³-hybridized carbons (Fsp3) is 0.500. The van der Waals surface area contributed by atoms with Crippen LogP contribution in [0.25, 0.3) is 0 Å². The predicted octanol–water partition coefficient (Wildman–Crippen LogP) is 2.25. The van der Waals surface area contributed by atoms with Gasteiger partial charge in [-0.25, -0.2) is 4.79 Å². The number of rotatable bonds is 7. The molecule has 31 heavy (non-hydrogen) atoms. The quantitative estimate of drug-likeness (QED) is 0.649. The zero-order chi connectivity index (χ0) is 22.4. The molecule has 9 nitrogen and oxygen atoms in total. The first-order chi connectivity index (χ1) is 14.9. The van der Waals surface area contributed by atoms with Crippen molar-refractivity contribution < 1.29 is 19.2 Å². The normalized spacial score (nSPS) is 22.7. The SMILES string of the molecule is CC1CCC2(CC1)NC(=O)N(NC(=O)CCC(=O)N(CCC#N)c1ccccc1)C2=O. The third kappa shape index (κ3) is 5.02. The van der Waals surface area contributed by atoms with Gasteiger partial charge in [-0.05, 0) is 43.7 Å². The van der Waals surface area contributed by atoms with Crippen molar-refractivity contribution in [3.05, 3.63) is 30.3 Å². The molecule has 0 bridgehead atoms. The van der Waals surface area contributed by atoms with E-state index < -0.39 is 23.4 Å². The van der Waals surface area contributed by atoms with Crippen molar-refractivity contribution in [2.45, 2.75) is 57.4 Å². The molecule has 2 N–H and O–H groups in total. The van der Waals surface area contributed by atoms with Crippen LogP contribution in [0, 0.1) is 17.2 Å². The number of nitrogens with zero attached hydrogens (tertiary/aromatic N) is 3. The maximum absolute atomic E-state index is 12.8. The summed E-state index contributed by atoms with van der Waals surface area (Å²) in [6.45, 7) is 2.33. The molecule has 1 saturated carbocycles. The smallest absolute Gasteiger partial charge is 0.322 e. The van der Waals surface area contributed by atoms with E-state index in [9.17, 15) is 19.2 Å². The molecule has 2 fully saturated rings. The number of hydrazine groups is 1. The molecule has 3 rings (SSSR count). The van der Waals surface area contributed by atoms with Crippen LogP contribution in [0.4, 0.5) is 10.5 Å². The first-order valence-corrected chi connectivity index (χ1v) is 10.5. The molecular weight excluding hydrogens is 398 g/mol. The van der Waals surface area contributed by atoms with Gasteiger partial charge in [0.2, 0.25) is 11.8 Å². The van der Waals surface area contributed by atoms with Gasteiger partial charge in [-0.3, -0.25) is 19.8 Å². The Balaban J connectivity index is 1.56. The van der Waals surface area contributed by atoms with E-state index in [-0.39, 0.29) is 31.7 Å². The molecule has 1 aromatic carbocycles. The lowest BCUT2D eigenvalue weighted by atomic mass is 9.77. The maximum atomic E-state index is 12.8. The van der Waals surface area contributed by atoms with Crippen molar-refractivity contribution in [2.24, 2.45) is 5.92 Å². The zero-order valence-electron chi connectivity index (χ0n) is 17.6. The van der Waals surface area contributed by atoms with Crippen molar-refractivity contribution in [3.63, 3.8) is 0 Å². The first kappa shape index (κ1) is 22.3. The Morgan fingerprint density at radius 3 is 2.55 bits per heavy atom. The Bertz CT molecular complexity index is 887. The number of imide groups is 1. The molecule has 0 aromatic heterocycles. The molecule has 1 heterocycles. The number of carbonyl (C=O) groups is 4. The van der Waals surface area contributed by atoms with Gasteiger partial charge < -0.3 is 10.2 Å². The topological polar surface area (TPSA) is 123 Å². The predicted molar refractivity (Wildman–Crippen MR) is 112 cm³/mol. The van der Waals surface area contributed by atoms with Crippen LogP contribution in [0.1, 0.15) is 51.9 Å². The van der Waals surface area contributed by atoms with E-state index in [1.165, 1.54) is 4.90 Å². The summed E-state index contributed by atoms with van der Waals surface area (Å²) in [5.41, 5.74) is 2.06. The Kier molecular flexibility index (Phi) is 6.90. The van der Waals surface area contributed by atoms with E-state index in [0.717, 1.165) is 17.9 Å². The molecule has 1 aliphatic carbocycles. The Hall–Kier alpha value is -3.41. The maximum Gasteiger partial charge on any atom is 0.344 e. The molecule has 2 aliphatic rings. The fourth-order valence-corrected chi connectivity index (χ4v) is 4.02. The third-order valence-corrected chi connectivity index (χ3v) is 5.91. The summed E-state index contributed by atoms with van der Waals surface area (Å²) in [5.74, 6) is -0.847. The van der Waals surface area contributed by atoms with E-state index in [1.807, 2.05) is 12.1 Å². The van der Waals surface area contributed by atoms with E-state index in [4.69, 9.17) is 5.26 Å². The van der Waals surface area contributed by atoms with Gasteiger partial charge in [0, 0.05) is 25.1 Å². The van der Waals surface area contributed by atoms with Gasteiger partial charge in [0.05, 0.1) is 12.5 Å². The second-order valence-corrected chi connectivity index (χ2v) is 8.16. The monoisotopic (exact) mass is 425 g/mol. The molecule has 0 radical (unpaired) electrons. The summed E-state index contributed by atoms with van der Waals surface area (Å²) < 4.78 is 0. The number of anilines is 1. The van der Waals surface area contributed by atoms with Crippen LogP contribution in [0.2, 0.25) is 0 Å². The number of para-hydroxylation sites is 1. The van der Waals surface area contributed by atoms with E-state index in [1.54, 1.807) is 24.3 Å². The highest BCUT2D eigenvalue weighted by Crippen LogP contribution is 2.35. The highest BCUT2D eigenvalue weighted by atomic mass is 16.2. The molecule has 1 spiro atoms. The minimum Gasteiger partial charge on any atom is -0.322 e. The Morgan fingerprint density at radius 2 is 1.90 bits per heavy atom. The summed E-state index contributed by atoms with van der Waals surface area (Å²) in [6.07, 6.45) is 2.63. The van der Waals surface area contributed by atoms with Gasteiger partial charge in [0.25, 0.3) is 5.91 Å². The summed E-state index contributed by atoms with van der Waals surface area (Å²) in [4.78, 5) is 51.6. The second-order valence-electron chi connectivity index (χ2n) is 8.16. The minimum absolute atomic E-state index is 0.113. The highest BCUT2D eigenvalue weighted by molar-refractivity contribution is 6.08. The average molecular weight is 425 g/mol. The second kappa shape index (κ2) is 9.60. The van der Waals surface area contributed by atoms with Gasteiger partial charge in [0.15, 0.2) is 0 Å². The van der Waals surface area contributed by atoms with E-state index in [2.05, 4.69) is 17.7 Å². The van der Waals surface area contributed by atoms with Crippen LogP contribution in [0.15, 0.2) is 30.3 Å². The molecule has 1 saturated heterocycles. The van der Waals surface area contributed by atoms with Crippen molar-refractivity contribution in [1.82, 2.24) is 15.8 Å². The Morgan fingerprint density at radius 1 is 1.23 bits per heavy atom. The summed E-state index contributed by atoms with van der Waals surface area (Å²) in [7, 11) is 0. The Labute approximate surface area is 181 Å². The number of nitrogens with one attached hydrogen (secondary N) is 2. The van der Waals surface area contributed by atoms with Gasteiger partial charge >= 0.3 is 6.03 Å². The number of carbonyl (C=O) groups excluding carboxylic acids is 4. The van der Waals surface area contributed by atoms with Crippen LogP contribution in [0.5, 0.6) is 0 Å². The van der Waals surface area contributed by atoms with Crippen LogP contribution >= 0.6 is 0 Å². The van der Waals surface area contributed by atoms with Gasteiger partial charge in [-0.1, -0.05) is 25.1 Å². The van der Waals surface area contributed by atoms with Crippen molar-refractivity contribution in [2.75, 3.05) is 11.4 Å². The number of urea groups is 1. The first-order valence-electron chi connectivity index (χ1n) is 10.5. The fourth-order valence-electron chi connectivity index (χ4n) is 4.02. The molecule has 164 valence electrons. The number of nitriles is 1. The lowest BCUT2D eigenvalue weighted by Gasteiger charge is -2.33. The van der Waals surface area contributed by atoms with E-state index in [0.29, 0.717) is 24.4 Å². The van der Waals surface area contributed by atoms with Crippen LogP contribution in [-0.4, -0.2) is 40.8 Å². The molecule has 5 amide bonds. The zero-order valence-corrected chi connectivity index (χ0v) is 17.6. The lowest BCUT2D eigenvalue weighted by Crippen LogP contribution is -2.51. The molecule has 0 unspecified atom stereocenters. The standard InChI is InChI=1S/C22H27N5O4/c1-16-10-12-22(13-11-16)20(30)27(21(31)24-22)25-18(28)8-9-19(29)26(15-5-14-23)17-6-3-2-4-7-17/h2-4,6-7,16H,5,8-13,15H2,1H3,(H,24,31)(H,25,28). The molecule has 1 aromatic rings. The average Bonchev–Trinajstić information content (AvgIpc) is 2.99. The molecule has 1 aliphatic heterocycles. The highest BCUT2D eigenvalue weighted by Gasteiger charge is 2.52. The van der Waals surface area contributed by atoms with Gasteiger partial charge in [-0.15, -0.1) is 0 Å². The van der Waals surface area contributed by atoms with Crippen LogP contribution < -0.4 is 15.6 Å². The summed E-state index contributed by atoms with van der Waals surface area (Å²) in [5, 5.41) is 12.3. The van der Waals surface area contributed by atoms with Crippen molar-refractivity contribution in [3.8, 4) is 6.07 Å². The number of benzene rings is 1. The number of hydrogen-bond acceptors (Lipinski definition) is 5. The van der Waals surface area contributed by atoms with Crippen molar-refractivity contribution >= 4 is 29.4 Å².